The van der Waals surface area contributed by atoms with Gasteiger partial charge in [-0.05, 0) is 0 Å². The number of rotatable bonds is 0. The van der Waals surface area contributed by atoms with E-state index in [1.54, 1.807) is 10.1 Å². The molecule has 0 saturated carbocycles. The summed E-state index contributed by atoms with van der Waals surface area (Å²) in [6.45, 7) is 0. The Morgan fingerprint density at radius 1 is 1.25 bits per heavy atom. The van der Waals surface area contributed by atoms with E-state index in [-0.39, 0.29) is 26.3 Å². The molecule has 19 valence electrons. The molecule has 4 heavy (non-hydrogen) atoms. The maximum Gasteiger partial charge on any atom is 0.381 e. The van der Waals surface area contributed by atoms with Crippen molar-refractivity contribution in [3.63, 3.8) is 0 Å². The molecule has 0 atom stereocenters. The molecular formula is CH4LiOSi. The van der Waals surface area contributed by atoms with Crippen molar-refractivity contribution < 1.29 is 4.46 Å². The van der Waals surface area contributed by atoms with Crippen LogP contribution < -0.4 is 0 Å². The summed E-state index contributed by atoms with van der Waals surface area (Å²) < 4.78 is 8.06. The van der Waals surface area contributed by atoms with Gasteiger partial charge in [-0.1, -0.05) is 7.43 Å². The maximum atomic E-state index is 8.06. The first-order chi connectivity index (χ1) is 1.00. The average Bonchev–Trinajstić information content (AvgIpc) is 1.00. The van der Waals surface area contributed by atoms with Crippen LogP contribution in [-0.2, 0) is 4.46 Å². The van der Waals surface area contributed by atoms with Crippen molar-refractivity contribution in [2.24, 2.45) is 0 Å². The third-order valence-electron chi connectivity index (χ3n) is 0. The van der Waals surface area contributed by atoms with Crippen LogP contribution >= 0.6 is 0 Å². The van der Waals surface area contributed by atoms with Crippen LogP contribution in [0.15, 0.2) is 0 Å². The quantitative estimate of drug-likeness (QED) is 0.357. The van der Waals surface area contributed by atoms with Gasteiger partial charge in [0.05, 0.1) is 0 Å². The summed E-state index contributed by atoms with van der Waals surface area (Å²) in [5.74, 6) is 0. The second-order valence-electron chi connectivity index (χ2n) is 0. The van der Waals surface area contributed by atoms with Crippen molar-refractivity contribution >= 4 is 29.0 Å². The van der Waals surface area contributed by atoms with Crippen LogP contribution in [0, 0.1) is 0 Å². The van der Waals surface area contributed by atoms with Gasteiger partial charge in [0.2, 0.25) is 0 Å². The topological polar surface area (TPSA) is 17.1 Å². The molecule has 0 unspecified atom stereocenters. The van der Waals surface area contributed by atoms with Gasteiger partial charge in [-0.15, -0.1) is 0 Å². The Bertz CT molecular complexity index is 8.00. The number of hydrogen-bond donors (Lipinski definition) is 0. The van der Waals surface area contributed by atoms with Crippen LogP contribution in [0.2, 0.25) is 0 Å². The summed E-state index contributed by atoms with van der Waals surface area (Å²) in [4.78, 5) is 0. The molecule has 0 aromatic carbocycles. The van der Waals surface area contributed by atoms with Crippen LogP contribution in [0.4, 0.5) is 0 Å². The van der Waals surface area contributed by atoms with E-state index in [0.29, 0.717) is 0 Å². The van der Waals surface area contributed by atoms with E-state index in [1.807, 2.05) is 0 Å². The first-order valence-corrected chi connectivity index (χ1v) is 0.612. The third-order valence-corrected chi connectivity index (χ3v) is 0. The van der Waals surface area contributed by atoms with Crippen molar-refractivity contribution in [2.45, 2.75) is 7.43 Å². The molecule has 3 heteroatoms. The first kappa shape index (κ1) is 23.1. The minimum Gasteiger partial charge on any atom is -0.381 e. The van der Waals surface area contributed by atoms with Crippen molar-refractivity contribution in [3.05, 3.63) is 0 Å². The second-order valence-corrected chi connectivity index (χ2v) is 0. The van der Waals surface area contributed by atoms with Crippen molar-refractivity contribution in [3.8, 4) is 0 Å². The van der Waals surface area contributed by atoms with Crippen LogP contribution in [-0.4, -0.2) is 29.0 Å². The fourth-order valence-corrected chi connectivity index (χ4v) is 0. The van der Waals surface area contributed by atoms with E-state index in [1.165, 1.54) is 0 Å². The minimum atomic E-state index is 0. The smallest absolute Gasteiger partial charge is 0.381 e. The molecule has 3 radical (unpaired) electrons. The summed E-state index contributed by atoms with van der Waals surface area (Å²) in [6.07, 6.45) is 0. The second kappa shape index (κ2) is 65.5. The summed E-state index contributed by atoms with van der Waals surface area (Å²) in [7, 11) is 1.72. The van der Waals surface area contributed by atoms with E-state index >= 15 is 0 Å². The normalized spacial score (nSPS) is 1.00. The van der Waals surface area contributed by atoms with Crippen LogP contribution in [0.3, 0.4) is 0 Å². The Labute approximate surface area is 41.4 Å². The van der Waals surface area contributed by atoms with Gasteiger partial charge in [0.1, 0.15) is 0 Å². The maximum absolute atomic E-state index is 8.06. The molecular weight excluding hydrogens is 63.0 g/mol. The van der Waals surface area contributed by atoms with Gasteiger partial charge < -0.3 is 4.46 Å². The Kier molecular flexibility index (Phi) is 379. The third kappa shape index (κ3) is 18.1. The molecule has 0 spiro atoms. The van der Waals surface area contributed by atoms with Gasteiger partial charge in [0.25, 0.3) is 0 Å². The van der Waals surface area contributed by atoms with Crippen LogP contribution in [0.1, 0.15) is 7.43 Å². The molecule has 0 rings (SSSR count). The van der Waals surface area contributed by atoms with E-state index in [4.69, 9.17) is 4.46 Å². The Balaban J connectivity index is -0.00000000500. The molecule has 1 nitrogen and oxygen atoms in total. The van der Waals surface area contributed by atoms with E-state index in [0.717, 1.165) is 0 Å². The zero-order valence-corrected chi connectivity index (χ0v) is 2.91. The fraction of sp³-hybridized carbons (Fsp3) is 1.00. The molecule has 0 N–H and O–H groups in total. The van der Waals surface area contributed by atoms with Gasteiger partial charge in [0.15, 0.2) is 0 Å². The predicted octanol–water partition coefficient (Wildman–Crippen LogP) is -0.244. The molecule has 0 amide bonds. The van der Waals surface area contributed by atoms with E-state index in [2.05, 4.69) is 0 Å². The predicted molar refractivity (Wildman–Crippen MR) is 18.9 cm³/mol. The molecule has 0 bridgehead atoms. The standard InChI is InChI=1S/CH4.Li.OSi/c;;1-2/h1H4;;. The van der Waals surface area contributed by atoms with Gasteiger partial charge in [0, 0.05) is 18.9 Å². The molecule has 0 aromatic rings. The molecule has 0 aliphatic carbocycles. The minimum absolute atomic E-state index is 0. The largest absolute Gasteiger partial charge is 0.381 e. The Morgan fingerprint density at radius 3 is 1.25 bits per heavy atom. The summed E-state index contributed by atoms with van der Waals surface area (Å²) >= 11 is 0. The molecule has 0 aromatic heterocycles. The first-order valence-electron chi connectivity index (χ1n) is 0.204. The molecule has 0 saturated heterocycles. The summed E-state index contributed by atoms with van der Waals surface area (Å²) in [5, 5.41) is 0. The van der Waals surface area contributed by atoms with Crippen molar-refractivity contribution in [1.82, 2.24) is 0 Å². The number of hydrogen-bond acceptors (Lipinski definition) is 1. The van der Waals surface area contributed by atoms with Gasteiger partial charge in [-0.3, -0.25) is 0 Å². The van der Waals surface area contributed by atoms with Gasteiger partial charge >= 0.3 is 10.1 Å². The fourth-order valence-electron chi connectivity index (χ4n) is 0. The SMILES string of the molecule is C.O=[Si].[Li]. The van der Waals surface area contributed by atoms with Crippen LogP contribution in [0.25, 0.3) is 0 Å². The summed E-state index contributed by atoms with van der Waals surface area (Å²) in [5.41, 5.74) is 0. The van der Waals surface area contributed by atoms with Crippen molar-refractivity contribution in [1.29, 1.82) is 0 Å². The zero-order valence-electron chi connectivity index (χ0n) is 1.91. The molecule has 0 fully saturated rings. The van der Waals surface area contributed by atoms with Crippen molar-refractivity contribution in [2.75, 3.05) is 0 Å². The van der Waals surface area contributed by atoms with Gasteiger partial charge in [-0.2, -0.15) is 0 Å². The van der Waals surface area contributed by atoms with E-state index in [9.17, 15) is 0 Å². The Hall–Kier alpha value is 0.614. The summed E-state index contributed by atoms with van der Waals surface area (Å²) in [6, 6.07) is 0. The van der Waals surface area contributed by atoms with Gasteiger partial charge in [-0.25, -0.2) is 0 Å². The average molecular weight is 67.1 g/mol. The molecule has 0 aliphatic rings. The molecule has 0 heterocycles. The monoisotopic (exact) mass is 67.0 g/mol. The molecule has 0 aliphatic heterocycles. The zero-order chi connectivity index (χ0) is 2.00. The van der Waals surface area contributed by atoms with Crippen LogP contribution in [0.5, 0.6) is 0 Å². The van der Waals surface area contributed by atoms with E-state index < -0.39 is 0 Å². The Morgan fingerprint density at radius 2 is 1.25 bits per heavy atom.